The zero-order valence-corrected chi connectivity index (χ0v) is 19.5. The Kier molecular flexibility index (Phi) is 5.78. The van der Waals surface area contributed by atoms with E-state index in [0.29, 0.717) is 42.9 Å². The predicted octanol–water partition coefficient (Wildman–Crippen LogP) is 4.65. The number of fused-ring (bicyclic) bond motifs is 2. The molecule has 2 aromatic carbocycles. The van der Waals surface area contributed by atoms with Crippen molar-refractivity contribution < 1.29 is 13.6 Å². The van der Waals surface area contributed by atoms with E-state index in [1.54, 1.807) is 11.0 Å². The fourth-order valence-corrected chi connectivity index (χ4v) is 5.35. The van der Waals surface area contributed by atoms with Crippen LogP contribution in [0.3, 0.4) is 0 Å². The van der Waals surface area contributed by atoms with Gasteiger partial charge in [-0.2, -0.15) is 0 Å². The molecule has 1 aliphatic rings. The quantitative estimate of drug-likeness (QED) is 0.412. The number of amides is 1. The average molecular weight is 501 g/mol. The number of carbonyl (C=O) groups is 1. The predicted molar refractivity (Wildman–Crippen MR) is 131 cm³/mol. The van der Waals surface area contributed by atoms with Gasteiger partial charge >= 0.3 is 0 Å². The van der Waals surface area contributed by atoms with E-state index >= 15 is 4.39 Å². The van der Waals surface area contributed by atoms with Crippen molar-refractivity contribution in [2.24, 2.45) is 0 Å². The van der Waals surface area contributed by atoms with E-state index in [-0.39, 0.29) is 37.4 Å². The van der Waals surface area contributed by atoms with Crippen LogP contribution in [0, 0.1) is 11.6 Å². The number of benzene rings is 2. The van der Waals surface area contributed by atoms with Crippen molar-refractivity contribution in [2.45, 2.75) is 6.42 Å². The van der Waals surface area contributed by atoms with Crippen LogP contribution in [0.1, 0.15) is 6.42 Å². The molecule has 0 spiro atoms. The van der Waals surface area contributed by atoms with Crippen LogP contribution in [0.25, 0.3) is 32.2 Å². The lowest BCUT2D eigenvalue weighted by Crippen LogP contribution is -2.34. The van der Waals surface area contributed by atoms with Crippen molar-refractivity contribution in [1.82, 2.24) is 19.9 Å². The largest absolute Gasteiger partial charge is 0.375 e. The second-order valence-corrected chi connectivity index (χ2v) is 9.27. The molecule has 0 radical (unpaired) electrons. The van der Waals surface area contributed by atoms with Gasteiger partial charge in [0.1, 0.15) is 23.5 Å². The molecule has 0 bridgehead atoms. The first-order chi connectivity index (χ1) is 16.4. The molecular formula is C23H19ClF2N6OS. The molecule has 7 nitrogen and oxygen atoms in total. The number of nitrogens with two attached hydrogens (primary N) is 1. The number of thiazole rings is 1. The lowest BCUT2D eigenvalue weighted by molar-refractivity contribution is -0.125. The third-order valence-electron chi connectivity index (χ3n) is 5.86. The molecular weight excluding hydrogens is 482 g/mol. The minimum Gasteiger partial charge on any atom is -0.375 e. The third-order valence-corrected chi connectivity index (χ3v) is 7.05. The number of nitrogens with zero attached hydrogens (tertiary/aromatic N) is 5. The number of aromatic nitrogens is 3. The number of hydrogen-bond acceptors (Lipinski definition) is 7. The summed E-state index contributed by atoms with van der Waals surface area (Å²) in [7, 11) is 0. The first-order valence-corrected chi connectivity index (χ1v) is 11.7. The smallest absolute Gasteiger partial charge is 0.246 e. The molecule has 4 aromatic rings. The number of halogens is 3. The lowest BCUT2D eigenvalue weighted by Gasteiger charge is -2.23. The molecule has 1 saturated heterocycles. The van der Waals surface area contributed by atoms with Crippen molar-refractivity contribution in [1.29, 1.82) is 0 Å². The van der Waals surface area contributed by atoms with Gasteiger partial charge < -0.3 is 15.5 Å². The molecule has 2 aromatic heterocycles. The third kappa shape index (κ3) is 3.72. The number of rotatable bonds is 3. The number of nitrogen functional groups attached to an aromatic ring is 1. The fraction of sp³-hybridized carbons (Fsp3) is 0.217. The Bertz CT molecular complexity index is 1460. The number of hydrogen-bond donors (Lipinski definition) is 1. The summed E-state index contributed by atoms with van der Waals surface area (Å²) in [5.41, 5.74) is 6.53. The van der Waals surface area contributed by atoms with Crippen molar-refractivity contribution in [3.8, 4) is 11.1 Å². The normalized spacial score (nSPS) is 14.6. The highest BCUT2D eigenvalue weighted by Crippen LogP contribution is 2.42. The Morgan fingerprint density at radius 1 is 1.18 bits per heavy atom. The first-order valence-electron chi connectivity index (χ1n) is 10.5. The van der Waals surface area contributed by atoms with E-state index in [9.17, 15) is 9.18 Å². The first kappa shape index (κ1) is 22.4. The summed E-state index contributed by atoms with van der Waals surface area (Å²) >= 11 is 7.58. The summed E-state index contributed by atoms with van der Waals surface area (Å²) in [6.45, 7) is 5.78. The van der Waals surface area contributed by atoms with Crippen LogP contribution in [-0.2, 0) is 4.79 Å². The molecule has 2 N–H and O–H groups in total. The Morgan fingerprint density at radius 2 is 2.00 bits per heavy atom. The van der Waals surface area contributed by atoms with Gasteiger partial charge in [-0.3, -0.25) is 4.79 Å². The van der Waals surface area contributed by atoms with Gasteiger partial charge in [0.25, 0.3) is 0 Å². The summed E-state index contributed by atoms with van der Waals surface area (Å²) in [5.74, 6) is -0.724. The van der Waals surface area contributed by atoms with Crippen LogP contribution in [0.15, 0.2) is 37.2 Å². The standard InChI is InChI=1S/C23H19ClF2N6OS/c1-2-16(33)31-6-3-7-32(9-8-31)22-13-10-14(24)17(18(26)19(13)28-11-29-22)12-4-5-15(25)21-20(12)30-23(27)34-21/h2,4-5,10-11H,1,3,6-9H2,(H2,27,30). The van der Waals surface area contributed by atoms with Gasteiger partial charge in [0, 0.05) is 42.7 Å². The maximum Gasteiger partial charge on any atom is 0.246 e. The molecule has 1 fully saturated rings. The van der Waals surface area contributed by atoms with Gasteiger partial charge in [0.15, 0.2) is 10.9 Å². The van der Waals surface area contributed by atoms with Crippen LogP contribution in [0.5, 0.6) is 0 Å². The molecule has 0 atom stereocenters. The van der Waals surface area contributed by atoms with Crippen molar-refractivity contribution in [3.05, 3.63) is 53.8 Å². The second-order valence-electron chi connectivity index (χ2n) is 7.84. The van der Waals surface area contributed by atoms with Crippen LogP contribution >= 0.6 is 22.9 Å². The highest BCUT2D eigenvalue weighted by Gasteiger charge is 2.25. The van der Waals surface area contributed by atoms with Gasteiger partial charge in [-0.1, -0.05) is 29.5 Å². The Labute approximate surface area is 202 Å². The zero-order chi connectivity index (χ0) is 24.0. The molecule has 0 unspecified atom stereocenters. The van der Waals surface area contributed by atoms with Crippen molar-refractivity contribution >= 4 is 60.9 Å². The number of anilines is 2. The Hall–Kier alpha value is -3.37. The number of carbonyl (C=O) groups excluding carboxylic acids is 1. The molecule has 174 valence electrons. The van der Waals surface area contributed by atoms with Gasteiger partial charge in [-0.15, -0.1) is 0 Å². The van der Waals surface area contributed by atoms with Crippen LogP contribution in [-0.4, -0.2) is 51.9 Å². The van der Waals surface area contributed by atoms with Gasteiger partial charge in [0.2, 0.25) is 5.91 Å². The zero-order valence-electron chi connectivity index (χ0n) is 17.9. The summed E-state index contributed by atoms with van der Waals surface area (Å²) < 4.78 is 30.4. The molecule has 34 heavy (non-hydrogen) atoms. The van der Waals surface area contributed by atoms with E-state index in [0.717, 1.165) is 17.8 Å². The summed E-state index contributed by atoms with van der Waals surface area (Å²) in [6.07, 6.45) is 3.32. The monoisotopic (exact) mass is 500 g/mol. The minimum atomic E-state index is -0.649. The highest BCUT2D eigenvalue weighted by molar-refractivity contribution is 7.22. The van der Waals surface area contributed by atoms with Crippen LogP contribution in [0.2, 0.25) is 5.02 Å². The summed E-state index contributed by atoms with van der Waals surface area (Å²) in [4.78, 5) is 28.5. The maximum atomic E-state index is 15.9. The molecule has 0 saturated carbocycles. The molecule has 0 aliphatic carbocycles. The topological polar surface area (TPSA) is 88.2 Å². The molecule has 5 rings (SSSR count). The minimum absolute atomic E-state index is 0.0766. The molecule has 1 amide bonds. The molecule has 11 heteroatoms. The van der Waals surface area contributed by atoms with Crippen LogP contribution < -0.4 is 10.6 Å². The SMILES string of the molecule is C=CC(=O)N1CCCN(c2ncnc3c(F)c(-c4ccc(F)c5sc(N)nc45)c(Cl)cc23)CC1. The average Bonchev–Trinajstić information content (AvgIpc) is 3.06. The fourth-order valence-electron chi connectivity index (χ4n) is 4.29. The van der Waals surface area contributed by atoms with E-state index in [2.05, 4.69) is 21.5 Å². The van der Waals surface area contributed by atoms with Gasteiger partial charge in [0.05, 0.1) is 15.2 Å². The maximum absolute atomic E-state index is 15.9. The molecule has 3 heterocycles. The summed E-state index contributed by atoms with van der Waals surface area (Å²) in [6, 6.07) is 4.30. The van der Waals surface area contributed by atoms with E-state index in [1.165, 1.54) is 24.5 Å². The van der Waals surface area contributed by atoms with Gasteiger partial charge in [-0.25, -0.2) is 23.7 Å². The van der Waals surface area contributed by atoms with E-state index in [4.69, 9.17) is 17.3 Å². The van der Waals surface area contributed by atoms with E-state index in [1.807, 2.05) is 4.90 Å². The van der Waals surface area contributed by atoms with Crippen molar-refractivity contribution in [3.63, 3.8) is 0 Å². The second kappa shape index (κ2) is 8.77. The van der Waals surface area contributed by atoms with Gasteiger partial charge in [-0.05, 0) is 30.7 Å². The molecule has 1 aliphatic heterocycles. The Balaban J connectivity index is 1.62. The Morgan fingerprint density at radius 3 is 2.79 bits per heavy atom. The van der Waals surface area contributed by atoms with Crippen LogP contribution in [0.4, 0.5) is 19.7 Å². The van der Waals surface area contributed by atoms with E-state index < -0.39 is 11.6 Å². The highest BCUT2D eigenvalue weighted by atomic mass is 35.5. The van der Waals surface area contributed by atoms with Crippen molar-refractivity contribution in [2.75, 3.05) is 36.8 Å². The summed E-state index contributed by atoms with van der Waals surface area (Å²) in [5, 5.41) is 0.751. The lowest BCUT2D eigenvalue weighted by atomic mass is 10.0.